The number of rotatable bonds is 4. The van der Waals surface area contributed by atoms with Gasteiger partial charge >= 0.3 is 0 Å². The Kier molecular flexibility index (Phi) is 4.88. The van der Waals surface area contributed by atoms with E-state index in [9.17, 15) is 4.39 Å². The first-order valence-electron chi connectivity index (χ1n) is 6.89. The lowest BCUT2D eigenvalue weighted by Crippen LogP contribution is -2.03. The topological polar surface area (TPSA) is 37.8 Å². The largest absolute Gasteiger partial charge is 0.366 e. The molecule has 0 spiro atoms. The Labute approximate surface area is 146 Å². The van der Waals surface area contributed by atoms with E-state index in [-0.39, 0.29) is 5.82 Å². The normalized spacial score (nSPS) is 10.6. The molecule has 0 aliphatic heterocycles. The quantitative estimate of drug-likeness (QED) is 0.611. The number of nitrogens with one attached hydrogen (secondary N) is 1. The van der Waals surface area contributed by atoms with Crippen LogP contribution < -0.4 is 5.32 Å². The molecule has 0 amide bonds. The van der Waals surface area contributed by atoms with E-state index in [1.807, 2.05) is 24.3 Å². The highest BCUT2D eigenvalue weighted by Crippen LogP contribution is 2.21. The molecule has 0 bridgehead atoms. The monoisotopic (exact) mass is 391 g/mol. The van der Waals surface area contributed by atoms with E-state index in [1.54, 1.807) is 18.2 Å². The molecule has 0 saturated carbocycles. The molecule has 23 heavy (non-hydrogen) atoms. The first-order chi connectivity index (χ1) is 11.1. The summed E-state index contributed by atoms with van der Waals surface area (Å²) < 4.78 is 14.0. The second-order valence-corrected chi connectivity index (χ2v) is 6.19. The SMILES string of the molecule is Fc1ccc(-c2nc(Cl)cc(NCc3ccc(Br)cc3)n2)cc1. The standard InChI is InChI=1S/C17H12BrClFN3/c18-13-5-1-11(2-6-13)10-21-16-9-15(19)22-17(23-16)12-3-7-14(20)8-4-12/h1-9H,10H2,(H,21,22,23). The van der Waals surface area contributed by atoms with Crippen LogP contribution in [0.15, 0.2) is 59.1 Å². The summed E-state index contributed by atoms with van der Waals surface area (Å²) >= 11 is 9.47. The summed E-state index contributed by atoms with van der Waals surface area (Å²) in [5, 5.41) is 3.55. The van der Waals surface area contributed by atoms with Gasteiger partial charge in [-0.05, 0) is 42.0 Å². The molecule has 0 unspecified atom stereocenters. The van der Waals surface area contributed by atoms with Crippen molar-refractivity contribution < 1.29 is 4.39 Å². The van der Waals surface area contributed by atoms with Crippen molar-refractivity contribution in [2.75, 3.05) is 5.32 Å². The minimum absolute atomic E-state index is 0.302. The van der Waals surface area contributed by atoms with Gasteiger partial charge in [0.1, 0.15) is 16.8 Å². The van der Waals surface area contributed by atoms with Crippen molar-refractivity contribution in [1.82, 2.24) is 9.97 Å². The zero-order chi connectivity index (χ0) is 16.2. The van der Waals surface area contributed by atoms with Crippen LogP contribution >= 0.6 is 27.5 Å². The van der Waals surface area contributed by atoms with Crippen LogP contribution in [0.3, 0.4) is 0 Å². The maximum atomic E-state index is 13.0. The fourth-order valence-electron chi connectivity index (χ4n) is 2.03. The first kappa shape index (κ1) is 15.9. The summed E-state index contributed by atoms with van der Waals surface area (Å²) in [5.41, 5.74) is 1.83. The molecule has 3 aromatic rings. The van der Waals surface area contributed by atoms with Crippen LogP contribution in [-0.2, 0) is 6.54 Å². The first-order valence-corrected chi connectivity index (χ1v) is 8.06. The third kappa shape index (κ3) is 4.27. The minimum Gasteiger partial charge on any atom is -0.366 e. The average molecular weight is 393 g/mol. The molecule has 3 nitrogen and oxygen atoms in total. The summed E-state index contributed by atoms with van der Waals surface area (Å²) in [5.74, 6) is 0.771. The molecule has 2 aromatic carbocycles. The highest BCUT2D eigenvalue weighted by Gasteiger charge is 2.06. The van der Waals surface area contributed by atoms with Crippen molar-refractivity contribution in [2.45, 2.75) is 6.54 Å². The molecule has 0 aliphatic rings. The van der Waals surface area contributed by atoms with Crippen molar-refractivity contribution in [3.63, 3.8) is 0 Å². The zero-order valence-corrected chi connectivity index (χ0v) is 14.3. The minimum atomic E-state index is -0.302. The van der Waals surface area contributed by atoms with Gasteiger partial charge in [0.05, 0.1) is 0 Å². The van der Waals surface area contributed by atoms with Gasteiger partial charge in [-0.25, -0.2) is 14.4 Å². The fraction of sp³-hybridized carbons (Fsp3) is 0.0588. The van der Waals surface area contributed by atoms with E-state index in [1.165, 1.54) is 12.1 Å². The van der Waals surface area contributed by atoms with E-state index in [4.69, 9.17) is 11.6 Å². The third-order valence-electron chi connectivity index (χ3n) is 3.18. The molecule has 1 aromatic heterocycles. The van der Waals surface area contributed by atoms with Gasteiger partial charge in [-0.15, -0.1) is 0 Å². The van der Waals surface area contributed by atoms with E-state index >= 15 is 0 Å². The molecule has 0 atom stereocenters. The van der Waals surface area contributed by atoms with Gasteiger partial charge in [0.15, 0.2) is 5.82 Å². The Morgan fingerprint density at radius 1 is 1.00 bits per heavy atom. The molecular formula is C17H12BrClFN3. The summed E-state index contributed by atoms with van der Waals surface area (Å²) in [4.78, 5) is 8.61. The van der Waals surface area contributed by atoms with Crippen LogP contribution in [0.5, 0.6) is 0 Å². The maximum absolute atomic E-state index is 13.0. The molecule has 0 aliphatic carbocycles. The lowest BCUT2D eigenvalue weighted by atomic mass is 10.2. The number of nitrogens with zero attached hydrogens (tertiary/aromatic N) is 2. The summed E-state index contributed by atoms with van der Waals surface area (Å²) in [7, 11) is 0. The third-order valence-corrected chi connectivity index (χ3v) is 3.91. The summed E-state index contributed by atoms with van der Waals surface area (Å²) in [6, 6.07) is 15.6. The molecule has 3 rings (SSSR count). The van der Waals surface area contributed by atoms with Crippen LogP contribution in [0.2, 0.25) is 5.15 Å². The Morgan fingerprint density at radius 3 is 2.39 bits per heavy atom. The predicted molar refractivity (Wildman–Crippen MR) is 93.9 cm³/mol. The van der Waals surface area contributed by atoms with Crippen molar-refractivity contribution in [1.29, 1.82) is 0 Å². The van der Waals surface area contributed by atoms with Crippen molar-refractivity contribution in [2.24, 2.45) is 0 Å². The number of halogens is 3. The molecule has 0 radical (unpaired) electrons. The molecule has 1 heterocycles. The molecule has 1 N–H and O–H groups in total. The zero-order valence-electron chi connectivity index (χ0n) is 11.9. The highest BCUT2D eigenvalue weighted by atomic mass is 79.9. The number of hydrogen-bond acceptors (Lipinski definition) is 3. The van der Waals surface area contributed by atoms with Crippen molar-refractivity contribution in [3.05, 3.63) is 75.6 Å². The highest BCUT2D eigenvalue weighted by molar-refractivity contribution is 9.10. The Bertz CT molecular complexity index is 807. The summed E-state index contributed by atoms with van der Waals surface area (Å²) in [6.07, 6.45) is 0. The van der Waals surface area contributed by atoms with Crippen molar-refractivity contribution in [3.8, 4) is 11.4 Å². The number of hydrogen-bond donors (Lipinski definition) is 1. The van der Waals surface area contributed by atoms with Crippen LogP contribution in [0.1, 0.15) is 5.56 Å². The molecule has 116 valence electrons. The van der Waals surface area contributed by atoms with Crippen molar-refractivity contribution >= 4 is 33.3 Å². The Morgan fingerprint density at radius 2 is 1.70 bits per heavy atom. The summed E-state index contributed by atoms with van der Waals surface area (Å²) in [6.45, 7) is 0.615. The second kappa shape index (κ2) is 7.06. The second-order valence-electron chi connectivity index (χ2n) is 4.89. The molecule has 0 saturated heterocycles. The molecule has 6 heteroatoms. The van der Waals surface area contributed by atoms with Crippen LogP contribution in [0.4, 0.5) is 10.2 Å². The van der Waals surface area contributed by atoms with E-state index in [0.717, 1.165) is 10.0 Å². The number of benzene rings is 2. The van der Waals surface area contributed by atoms with Gasteiger partial charge in [-0.1, -0.05) is 39.7 Å². The number of aromatic nitrogens is 2. The molecular weight excluding hydrogens is 381 g/mol. The van der Waals surface area contributed by atoms with Gasteiger partial charge in [0, 0.05) is 22.6 Å². The lowest BCUT2D eigenvalue weighted by Gasteiger charge is -2.08. The van der Waals surface area contributed by atoms with E-state index in [0.29, 0.717) is 28.9 Å². The van der Waals surface area contributed by atoms with Gasteiger partial charge in [0.25, 0.3) is 0 Å². The smallest absolute Gasteiger partial charge is 0.163 e. The lowest BCUT2D eigenvalue weighted by molar-refractivity contribution is 0.628. The maximum Gasteiger partial charge on any atom is 0.163 e. The Balaban J connectivity index is 1.80. The Hall–Kier alpha value is -1.98. The predicted octanol–water partition coefficient (Wildman–Crippen LogP) is 5.31. The van der Waals surface area contributed by atoms with Gasteiger partial charge in [0.2, 0.25) is 0 Å². The van der Waals surface area contributed by atoms with E-state index < -0.39 is 0 Å². The fourth-order valence-corrected chi connectivity index (χ4v) is 2.48. The molecule has 0 fully saturated rings. The van der Waals surface area contributed by atoms with Gasteiger partial charge in [-0.2, -0.15) is 0 Å². The van der Waals surface area contributed by atoms with Crippen LogP contribution in [0, 0.1) is 5.82 Å². The van der Waals surface area contributed by atoms with Crippen LogP contribution in [0.25, 0.3) is 11.4 Å². The average Bonchev–Trinajstić information content (AvgIpc) is 2.54. The van der Waals surface area contributed by atoms with Crippen LogP contribution in [-0.4, -0.2) is 9.97 Å². The van der Waals surface area contributed by atoms with E-state index in [2.05, 4.69) is 31.2 Å². The van der Waals surface area contributed by atoms with Gasteiger partial charge < -0.3 is 5.32 Å². The van der Waals surface area contributed by atoms with Gasteiger partial charge in [-0.3, -0.25) is 0 Å². The number of anilines is 1.